The summed E-state index contributed by atoms with van der Waals surface area (Å²) in [6.07, 6.45) is 0. The molecule has 4 heteroatoms. The lowest BCUT2D eigenvalue weighted by molar-refractivity contribution is 0.0722. The van der Waals surface area contributed by atoms with Gasteiger partial charge in [-0.1, -0.05) is 66.7 Å². The lowest BCUT2D eigenvalue weighted by atomic mass is 10.1. The van der Waals surface area contributed by atoms with Crippen molar-refractivity contribution in [2.75, 3.05) is 13.7 Å². The molecular formula is C24H24O4. The predicted octanol–water partition coefficient (Wildman–Crippen LogP) is 4.98. The summed E-state index contributed by atoms with van der Waals surface area (Å²) in [4.78, 5) is 12.8. The van der Waals surface area contributed by atoms with Gasteiger partial charge in [0.25, 0.3) is 0 Å². The molecule has 3 aromatic rings. The Bertz CT molecular complexity index is 905. The topological polar surface area (TPSA) is 44.8 Å². The molecule has 0 aliphatic heterocycles. The molecule has 0 bridgehead atoms. The fraction of sp³-hybridized carbons (Fsp3) is 0.208. The van der Waals surface area contributed by atoms with Gasteiger partial charge < -0.3 is 14.2 Å². The molecular weight excluding hydrogens is 352 g/mol. The number of aryl methyl sites for hydroxylation is 1. The van der Waals surface area contributed by atoms with Crippen molar-refractivity contribution in [3.05, 3.63) is 95.1 Å². The van der Waals surface area contributed by atoms with Gasteiger partial charge in [0.2, 0.25) is 0 Å². The number of Topliss-reactive ketones (excluding diaryl/α,β-unsaturated/α-hetero) is 1. The number of ether oxygens (including phenoxy) is 3. The molecule has 0 atom stereocenters. The van der Waals surface area contributed by atoms with Crippen LogP contribution in [0.25, 0.3) is 0 Å². The maximum absolute atomic E-state index is 12.8. The van der Waals surface area contributed by atoms with E-state index in [9.17, 15) is 4.79 Å². The van der Waals surface area contributed by atoms with Crippen LogP contribution in [-0.2, 0) is 18.0 Å². The van der Waals surface area contributed by atoms with Crippen molar-refractivity contribution in [2.45, 2.75) is 20.1 Å². The summed E-state index contributed by atoms with van der Waals surface area (Å²) in [6.45, 7) is 2.64. The van der Waals surface area contributed by atoms with Gasteiger partial charge in [0.05, 0.1) is 19.3 Å². The SMILES string of the molecule is COc1c(C)ccc(C(=O)COCc2ccccc2)c1OCc1ccccc1. The van der Waals surface area contributed by atoms with Gasteiger partial charge in [-0.15, -0.1) is 0 Å². The Labute approximate surface area is 165 Å². The van der Waals surface area contributed by atoms with E-state index in [1.165, 1.54) is 0 Å². The first-order valence-electron chi connectivity index (χ1n) is 9.18. The van der Waals surface area contributed by atoms with Crippen molar-refractivity contribution in [2.24, 2.45) is 0 Å². The van der Waals surface area contributed by atoms with E-state index in [0.29, 0.717) is 30.3 Å². The average Bonchev–Trinajstić information content (AvgIpc) is 2.73. The van der Waals surface area contributed by atoms with Gasteiger partial charge in [-0.3, -0.25) is 4.79 Å². The van der Waals surface area contributed by atoms with Gasteiger partial charge in [0.1, 0.15) is 13.2 Å². The Kier molecular flexibility index (Phi) is 6.82. The van der Waals surface area contributed by atoms with Crippen LogP contribution in [0.3, 0.4) is 0 Å². The van der Waals surface area contributed by atoms with Crippen LogP contribution in [0, 0.1) is 6.92 Å². The lowest BCUT2D eigenvalue weighted by Crippen LogP contribution is -2.12. The first-order chi connectivity index (χ1) is 13.7. The molecule has 3 aromatic carbocycles. The highest BCUT2D eigenvalue weighted by Gasteiger charge is 2.19. The lowest BCUT2D eigenvalue weighted by Gasteiger charge is -2.16. The van der Waals surface area contributed by atoms with Crippen molar-refractivity contribution in [1.82, 2.24) is 0 Å². The Hall–Kier alpha value is -3.11. The largest absolute Gasteiger partial charge is 0.493 e. The fourth-order valence-corrected chi connectivity index (χ4v) is 2.92. The standard InChI is InChI=1S/C24H24O4/c1-18-13-14-21(22(25)17-27-15-19-9-5-3-6-10-19)24(23(18)26-2)28-16-20-11-7-4-8-12-20/h3-14H,15-17H2,1-2H3. The zero-order valence-corrected chi connectivity index (χ0v) is 16.2. The van der Waals surface area contributed by atoms with Gasteiger partial charge in [-0.05, 0) is 29.7 Å². The molecule has 0 amide bonds. The second-order valence-electron chi connectivity index (χ2n) is 6.47. The quantitative estimate of drug-likeness (QED) is 0.494. The highest BCUT2D eigenvalue weighted by atomic mass is 16.5. The summed E-state index contributed by atoms with van der Waals surface area (Å²) in [6, 6.07) is 23.2. The molecule has 4 nitrogen and oxygen atoms in total. The average molecular weight is 376 g/mol. The summed E-state index contributed by atoms with van der Waals surface area (Å²) < 4.78 is 17.1. The van der Waals surface area contributed by atoms with E-state index in [2.05, 4.69) is 0 Å². The third-order valence-electron chi connectivity index (χ3n) is 4.38. The molecule has 0 saturated carbocycles. The molecule has 0 aromatic heterocycles. The van der Waals surface area contributed by atoms with Crippen molar-refractivity contribution < 1.29 is 19.0 Å². The van der Waals surface area contributed by atoms with Crippen LogP contribution in [0.1, 0.15) is 27.0 Å². The van der Waals surface area contributed by atoms with Crippen LogP contribution >= 0.6 is 0 Å². The van der Waals surface area contributed by atoms with E-state index < -0.39 is 0 Å². The number of hydrogen-bond donors (Lipinski definition) is 0. The summed E-state index contributed by atoms with van der Waals surface area (Å²) in [5.74, 6) is 0.891. The second-order valence-corrected chi connectivity index (χ2v) is 6.47. The van der Waals surface area contributed by atoms with E-state index >= 15 is 0 Å². The van der Waals surface area contributed by atoms with Crippen LogP contribution in [0.15, 0.2) is 72.8 Å². The molecule has 0 N–H and O–H groups in total. The van der Waals surface area contributed by atoms with Crippen LogP contribution in [0.5, 0.6) is 11.5 Å². The normalized spacial score (nSPS) is 10.5. The highest BCUT2D eigenvalue weighted by Crippen LogP contribution is 2.35. The molecule has 0 spiro atoms. The van der Waals surface area contributed by atoms with Crippen molar-refractivity contribution in [3.63, 3.8) is 0 Å². The van der Waals surface area contributed by atoms with E-state index in [4.69, 9.17) is 14.2 Å². The number of hydrogen-bond acceptors (Lipinski definition) is 4. The molecule has 0 heterocycles. The Morgan fingerprint density at radius 3 is 2.00 bits per heavy atom. The predicted molar refractivity (Wildman–Crippen MR) is 109 cm³/mol. The molecule has 3 rings (SSSR count). The molecule has 144 valence electrons. The highest BCUT2D eigenvalue weighted by molar-refractivity contribution is 6.00. The maximum Gasteiger partial charge on any atom is 0.192 e. The summed E-state index contributed by atoms with van der Waals surface area (Å²) in [5.41, 5.74) is 3.42. The minimum atomic E-state index is -0.141. The molecule has 28 heavy (non-hydrogen) atoms. The van der Waals surface area contributed by atoms with E-state index in [-0.39, 0.29) is 12.4 Å². The Morgan fingerprint density at radius 2 is 1.39 bits per heavy atom. The van der Waals surface area contributed by atoms with Gasteiger partial charge in [0.15, 0.2) is 17.3 Å². The van der Waals surface area contributed by atoms with E-state index in [0.717, 1.165) is 16.7 Å². The molecule has 0 unspecified atom stereocenters. The number of carbonyl (C=O) groups is 1. The second kappa shape index (κ2) is 9.72. The van der Waals surface area contributed by atoms with Crippen LogP contribution < -0.4 is 9.47 Å². The fourth-order valence-electron chi connectivity index (χ4n) is 2.92. The number of methoxy groups -OCH3 is 1. The Morgan fingerprint density at radius 1 is 0.786 bits per heavy atom. The summed E-state index contributed by atoms with van der Waals surface area (Å²) >= 11 is 0. The first kappa shape index (κ1) is 19.6. The van der Waals surface area contributed by atoms with Crippen LogP contribution in [0.2, 0.25) is 0 Å². The van der Waals surface area contributed by atoms with Gasteiger partial charge in [-0.25, -0.2) is 0 Å². The third-order valence-corrected chi connectivity index (χ3v) is 4.38. The third kappa shape index (κ3) is 4.99. The minimum absolute atomic E-state index is 0.0250. The van der Waals surface area contributed by atoms with Crippen molar-refractivity contribution in [3.8, 4) is 11.5 Å². The van der Waals surface area contributed by atoms with Crippen molar-refractivity contribution in [1.29, 1.82) is 0 Å². The molecule has 0 saturated heterocycles. The maximum atomic E-state index is 12.8. The van der Waals surface area contributed by atoms with Gasteiger partial charge in [0, 0.05) is 0 Å². The van der Waals surface area contributed by atoms with E-state index in [1.807, 2.05) is 73.7 Å². The van der Waals surface area contributed by atoms with Crippen LogP contribution in [-0.4, -0.2) is 19.5 Å². The van der Waals surface area contributed by atoms with Crippen LogP contribution in [0.4, 0.5) is 0 Å². The van der Waals surface area contributed by atoms with E-state index in [1.54, 1.807) is 13.2 Å². The van der Waals surface area contributed by atoms with Crippen molar-refractivity contribution >= 4 is 5.78 Å². The summed E-state index contributed by atoms with van der Waals surface area (Å²) in [5, 5.41) is 0. The van der Waals surface area contributed by atoms with Gasteiger partial charge >= 0.3 is 0 Å². The zero-order valence-electron chi connectivity index (χ0n) is 16.2. The van der Waals surface area contributed by atoms with Gasteiger partial charge in [-0.2, -0.15) is 0 Å². The molecule has 0 aliphatic rings. The molecule has 0 fully saturated rings. The molecule has 0 aliphatic carbocycles. The smallest absolute Gasteiger partial charge is 0.192 e. The minimum Gasteiger partial charge on any atom is -0.493 e. The number of benzene rings is 3. The number of ketones is 1. The number of rotatable bonds is 9. The zero-order chi connectivity index (χ0) is 19.8. The first-order valence-corrected chi connectivity index (χ1v) is 9.18. The monoisotopic (exact) mass is 376 g/mol. The number of carbonyl (C=O) groups excluding carboxylic acids is 1. The molecule has 0 radical (unpaired) electrons. The summed E-state index contributed by atoms with van der Waals surface area (Å²) in [7, 11) is 1.58. The Balaban J connectivity index is 1.74.